The fourth-order valence-electron chi connectivity index (χ4n) is 1.39. The molecular formula is C10H16BrNO5S. The van der Waals surface area contributed by atoms with Crippen LogP contribution in [0.25, 0.3) is 0 Å². The summed E-state index contributed by atoms with van der Waals surface area (Å²) < 4.78 is 35.9. The van der Waals surface area contributed by atoms with Gasteiger partial charge < -0.3 is 14.3 Å². The highest BCUT2D eigenvalue weighted by atomic mass is 79.9. The largest absolute Gasteiger partial charge is 0.450 e. The molecule has 1 atom stereocenters. The molecule has 0 radical (unpaired) electrons. The van der Waals surface area contributed by atoms with Gasteiger partial charge in [-0.3, -0.25) is 0 Å². The third-order valence-corrected chi connectivity index (χ3v) is 5.38. The van der Waals surface area contributed by atoms with E-state index in [-0.39, 0.29) is 34.6 Å². The van der Waals surface area contributed by atoms with Gasteiger partial charge >= 0.3 is 0 Å². The predicted octanol–water partition coefficient (Wildman–Crippen LogP) is 1.19. The summed E-state index contributed by atoms with van der Waals surface area (Å²) in [7, 11) is -0.701. The second kappa shape index (κ2) is 6.16. The molecule has 1 aromatic heterocycles. The van der Waals surface area contributed by atoms with E-state index >= 15 is 0 Å². The predicted molar refractivity (Wildman–Crippen MR) is 68.6 cm³/mol. The van der Waals surface area contributed by atoms with Crippen LogP contribution in [0.15, 0.2) is 20.0 Å². The number of furan rings is 1. The lowest BCUT2D eigenvalue weighted by Crippen LogP contribution is -2.37. The van der Waals surface area contributed by atoms with E-state index in [9.17, 15) is 8.42 Å². The van der Waals surface area contributed by atoms with Crippen molar-refractivity contribution in [2.75, 3.05) is 20.8 Å². The van der Waals surface area contributed by atoms with E-state index in [0.717, 1.165) is 0 Å². The van der Waals surface area contributed by atoms with Crippen molar-refractivity contribution in [3.05, 3.63) is 16.5 Å². The molecule has 0 aliphatic carbocycles. The van der Waals surface area contributed by atoms with E-state index < -0.39 is 10.0 Å². The van der Waals surface area contributed by atoms with Crippen molar-refractivity contribution in [2.45, 2.75) is 24.5 Å². The van der Waals surface area contributed by atoms with Crippen LogP contribution in [0.4, 0.5) is 0 Å². The third-order valence-electron chi connectivity index (χ3n) is 2.55. The zero-order chi connectivity index (χ0) is 13.9. The summed E-state index contributed by atoms with van der Waals surface area (Å²) >= 11 is 3.04. The van der Waals surface area contributed by atoms with E-state index in [2.05, 4.69) is 15.9 Å². The molecule has 104 valence electrons. The lowest BCUT2D eigenvalue weighted by molar-refractivity contribution is 0.149. The van der Waals surface area contributed by atoms with E-state index in [1.807, 2.05) is 0 Å². The number of aliphatic hydroxyl groups is 1. The Balaban J connectivity index is 3.08. The quantitative estimate of drug-likeness (QED) is 0.840. The number of nitrogens with zero attached hydrogens (tertiary/aromatic N) is 1. The number of hydrogen-bond acceptors (Lipinski definition) is 5. The van der Waals surface area contributed by atoms with Crippen LogP contribution in [0, 0.1) is 0 Å². The molecule has 1 aromatic rings. The van der Waals surface area contributed by atoms with Gasteiger partial charge in [-0.25, -0.2) is 8.42 Å². The summed E-state index contributed by atoms with van der Waals surface area (Å²) in [6, 6.07) is 0.995. The molecule has 0 amide bonds. The highest BCUT2D eigenvalue weighted by molar-refractivity contribution is 9.10. The molecule has 18 heavy (non-hydrogen) atoms. The molecule has 0 spiro atoms. The monoisotopic (exact) mass is 341 g/mol. The van der Waals surface area contributed by atoms with Crippen molar-refractivity contribution in [1.29, 1.82) is 0 Å². The van der Waals surface area contributed by atoms with E-state index in [1.165, 1.54) is 24.5 Å². The highest BCUT2D eigenvalue weighted by Gasteiger charge is 2.29. The second-order valence-corrected chi connectivity index (χ2v) is 6.52. The van der Waals surface area contributed by atoms with Crippen molar-refractivity contribution >= 4 is 26.0 Å². The molecule has 1 unspecified atom stereocenters. The topological polar surface area (TPSA) is 80.0 Å². The molecule has 1 rings (SSSR count). The molecule has 0 aliphatic heterocycles. The Labute approximate surface area is 115 Å². The third kappa shape index (κ3) is 3.12. The first kappa shape index (κ1) is 15.6. The first-order chi connectivity index (χ1) is 8.34. The molecule has 0 saturated heterocycles. The van der Waals surface area contributed by atoms with Crippen LogP contribution in [0.2, 0.25) is 0 Å². The Bertz CT molecular complexity index is 498. The lowest BCUT2D eigenvalue weighted by Gasteiger charge is -2.22. The summed E-state index contributed by atoms with van der Waals surface area (Å²) in [5.74, 6) is 0.188. The van der Waals surface area contributed by atoms with Crippen molar-refractivity contribution < 1.29 is 22.7 Å². The van der Waals surface area contributed by atoms with Gasteiger partial charge in [0.2, 0.25) is 10.0 Å². The van der Waals surface area contributed by atoms with Crippen LogP contribution in [0.3, 0.4) is 0 Å². The molecular weight excluding hydrogens is 326 g/mol. The smallest absolute Gasteiger partial charge is 0.247 e. The normalized spacial score (nSPS) is 14.1. The zero-order valence-corrected chi connectivity index (χ0v) is 12.8. The number of rotatable bonds is 6. The van der Waals surface area contributed by atoms with Crippen molar-refractivity contribution in [3.8, 4) is 0 Å². The van der Waals surface area contributed by atoms with Gasteiger partial charge in [0, 0.05) is 26.3 Å². The van der Waals surface area contributed by atoms with Crippen LogP contribution >= 0.6 is 15.9 Å². The number of methoxy groups -OCH3 is 1. The fourth-order valence-corrected chi connectivity index (χ4v) is 3.70. The minimum absolute atomic E-state index is 0.00277. The first-order valence-corrected chi connectivity index (χ1v) is 7.44. The lowest BCUT2D eigenvalue weighted by atomic mass is 10.4. The molecule has 1 N–H and O–H groups in total. The molecule has 0 saturated carbocycles. The number of hydrogen-bond donors (Lipinski definition) is 1. The van der Waals surface area contributed by atoms with Crippen molar-refractivity contribution in [3.63, 3.8) is 0 Å². The number of halogens is 1. The first-order valence-electron chi connectivity index (χ1n) is 5.20. The Morgan fingerprint density at radius 2 is 2.22 bits per heavy atom. The highest BCUT2D eigenvalue weighted by Crippen LogP contribution is 2.29. The van der Waals surface area contributed by atoms with Crippen LogP contribution in [0.1, 0.15) is 12.7 Å². The van der Waals surface area contributed by atoms with Gasteiger partial charge in [-0.15, -0.1) is 0 Å². The Hall–Kier alpha value is -0.410. The summed E-state index contributed by atoms with van der Waals surface area (Å²) in [6.07, 6.45) is 0. The average Bonchev–Trinajstić information content (AvgIpc) is 2.70. The second-order valence-electron chi connectivity index (χ2n) is 3.83. The molecule has 6 nitrogen and oxygen atoms in total. The maximum Gasteiger partial charge on any atom is 0.247 e. The minimum Gasteiger partial charge on any atom is -0.450 e. The fraction of sp³-hybridized carbons (Fsp3) is 0.600. The molecule has 0 fully saturated rings. The number of ether oxygens (including phenoxy) is 1. The van der Waals surface area contributed by atoms with Crippen molar-refractivity contribution in [1.82, 2.24) is 4.31 Å². The maximum atomic E-state index is 12.3. The summed E-state index contributed by atoms with van der Waals surface area (Å²) in [4.78, 5) is -0.00277. The van der Waals surface area contributed by atoms with Gasteiger partial charge in [-0.1, -0.05) is 0 Å². The molecule has 8 heteroatoms. The summed E-state index contributed by atoms with van der Waals surface area (Å²) in [6.45, 7) is 1.67. The Morgan fingerprint density at radius 1 is 1.61 bits per heavy atom. The van der Waals surface area contributed by atoms with Crippen LogP contribution < -0.4 is 0 Å². The van der Waals surface area contributed by atoms with Gasteiger partial charge in [-0.2, -0.15) is 4.31 Å². The minimum atomic E-state index is -3.68. The number of aliphatic hydroxyl groups excluding tert-OH is 1. The van der Waals surface area contributed by atoms with Gasteiger partial charge in [0.15, 0.2) is 4.67 Å². The Morgan fingerprint density at radius 3 is 2.67 bits per heavy atom. The van der Waals surface area contributed by atoms with Crippen LogP contribution in [0.5, 0.6) is 0 Å². The van der Waals surface area contributed by atoms with Crippen LogP contribution in [-0.4, -0.2) is 44.6 Å². The molecule has 1 heterocycles. The van der Waals surface area contributed by atoms with E-state index in [0.29, 0.717) is 0 Å². The molecule has 0 bridgehead atoms. The van der Waals surface area contributed by atoms with Gasteiger partial charge in [0.25, 0.3) is 0 Å². The van der Waals surface area contributed by atoms with E-state index in [1.54, 1.807) is 6.92 Å². The molecule has 0 aliphatic rings. The van der Waals surface area contributed by atoms with Gasteiger partial charge in [0.1, 0.15) is 17.3 Å². The standard InChI is InChI=1S/C10H16BrNO5S/c1-7(6-16-3)12(2)18(14,15)9-4-8(5-13)17-10(9)11/h4,7,13H,5-6H2,1-3H3. The number of likely N-dealkylation sites (N-methyl/N-ethyl adjacent to an activating group) is 1. The zero-order valence-electron chi connectivity index (χ0n) is 10.4. The summed E-state index contributed by atoms with van der Waals surface area (Å²) in [5, 5.41) is 8.93. The van der Waals surface area contributed by atoms with Crippen LogP contribution in [-0.2, 0) is 21.4 Å². The van der Waals surface area contributed by atoms with Gasteiger partial charge in [0.05, 0.1) is 6.61 Å². The Kier molecular flexibility index (Phi) is 5.35. The van der Waals surface area contributed by atoms with Gasteiger partial charge in [-0.05, 0) is 22.9 Å². The van der Waals surface area contributed by atoms with E-state index in [4.69, 9.17) is 14.3 Å². The number of sulfonamides is 1. The molecule has 0 aromatic carbocycles. The summed E-state index contributed by atoms with van der Waals surface area (Å²) in [5.41, 5.74) is 0. The van der Waals surface area contributed by atoms with Crippen molar-refractivity contribution in [2.24, 2.45) is 0 Å². The average molecular weight is 342 g/mol. The SMILES string of the molecule is COCC(C)N(C)S(=O)(=O)c1cc(CO)oc1Br. The maximum absolute atomic E-state index is 12.3.